The molecule has 210 valence electrons. The summed E-state index contributed by atoms with van der Waals surface area (Å²) in [6.07, 6.45) is 4.67. The van der Waals surface area contributed by atoms with Crippen LogP contribution in [0.2, 0.25) is 0 Å². The lowest BCUT2D eigenvalue weighted by Gasteiger charge is -2.28. The predicted octanol–water partition coefficient (Wildman–Crippen LogP) is 5.39. The van der Waals surface area contributed by atoms with E-state index < -0.39 is 0 Å². The van der Waals surface area contributed by atoms with E-state index in [9.17, 15) is 9.90 Å². The predicted molar refractivity (Wildman–Crippen MR) is 156 cm³/mol. The lowest BCUT2D eigenvalue weighted by molar-refractivity contribution is -0.130. The minimum Gasteiger partial charge on any atom is -0.493 e. The van der Waals surface area contributed by atoms with Crippen molar-refractivity contribution in [2.45, 2.75) is 51.6 Å². The van der Waals surface area contributed by atoms with Crippen molar-refractivity contribution in [3.63, 3.8) is 0 Å². The summed E-state index contributed by atoms with van der Waals surface area (Å²) in [6.45, 7) is 4.42. The normalized spacial score (nSPS) is 15.5. The van der Waals surface area contributed by atoms with Crippen LogP contribution < -0.4 is 4.74 Å². The van der Waals surface area contributed by atoms with Crippen molar-refractivity contribution in [3.8, 4) is 5.75 Å². The van der Waals surface area contributed by atoms with Gasteiger partial charge in [0.15, 0.2) is 5.58 Å². The standard InChI is InChI=1S/C33H39N3O4/c37-20-9-12-26-15-16-31-28(22-26)25-35(24-27-10-3-1-4-11-27)18-19-36(17-7-2-8-21-39-31)33(38)23-30-29-13-5-6-14-32(29)40-34-30/h1,3-6,10-11,13-16,22,37H,2,7-9,12,17-21,23-25H2. The third-order valence-corrected chi connectivity index (χ3v) is 7.53. The fourth-order valence-corrected chi connectivity index (χ4v) is 5.34. The minimum atomic E-state index is 0.0801. The first kappa shape index (κ1) is 27.9. The quantitative estimate of drug-likeness (QED) is 0.338. The highest BCUT2D eigenvalue weighted by Crippen LogP contribution is 2.25. The molecule has 0 saturated heterocycles. The van der Waals surface area contributed by atoms with Crippen LogP contribution in [0.25, 0.3) is 11.0 Å². The van der Waals surface area contributed by atoms with Crippen LogP contribution in [0.15, 0.2) is 77.3 Å². The molecule has 1 N–H and O–H groups in total. The number of aromatic nitrogens is 1. The van der Waals surface area contributed by atoms with Crippen molar-refractivity contribution < 1.29 is 19.2 Å². The molecule has 2 heterocycles. The van der Waals surface area contributed by atoms with E-state index in [1.807, 2.05) is 35.2 Å². The fourth-order valence-electron chi connectivity index (χ4n) is 5.34. The molecule has 1 aliphatic heterocycles. The zero-order chi connectivity index (χ0) is 27.6. The van der Waals surface area contributed by atoms with Crippen LogP contribution in [0.5, 0.6) is 5.75 Å². The smallest absolute Gasteiger partial charge is 0.228 e. The Morgan fingerprint density at radius 1 is 0.900 bits per heavy atom. The second-order valence-electron chi connectivity index (χ2n) is 10.6. The summed E-state index contributed by atoms with van der Waals surface area (Å²) in [7, 11) is 0. The Morgan fingerprint density at radius 3 is 2.62 bits per heavy atom. The van der Waals surface area contributed by atoms with Gasteiger partial charge < -0.3 is 19.3 Å². The molecular formula is C33H39N3O4. The molecular weight excluding hydrogens is 502 g/mol. The SMILES string of the molecule is O=C(Cc1noc2ccccc12)N1CCCCCOc2ccc(CCCO)cc2CN(Cc2ccccc2)CC1. The van der Waals surface area contributed by atoms with Crippen molar-refractivity contribution in [1.82, 2.24) is 15.0 Å². The van der Waals surface area contributed by atoms with Crippen molar-refractivity contribution in [1.29, 1.82) is 0 Å². The lowest BCUT2D eigenvalue weighted by atomic mass is 10.0. The molecule has 7 heteroatoms. The molecule has 0 unspecified atom stereocenters. The Hall–Kier alpha value is -3.68. The molecule has 40 heavy (non-hydrogen) atoms. The number of rotatable bonds is 7. The van der Waals surface area contributed by atoms with E-state index in [1.165, 1.54) is 11.1 Å². The number of hydrogen-bond donors (Lipinski definition) is 1. The number of aryl methyl sites for hydroxylation is 1. The topological polar surface area (TPSA) is 79.0 Å². The molecule has 0 saturated carbocycles. The van der Waals surface area contributed by atoms with Crippen LogP contribution >= 0.6 is 0 Å². The largest absolute Gasteiger partial charge is 0.493 e. The summed E-state index contributed by atoms with van der Waals surface area (Å²) in [5.41, 5.74) is 5.00. The van der Waals surface area contributed by atoms with Crippen LogP contribution in [0, 0.1) is 0 Å². The van der Waals surface area contributed by atoms with E-state index in [0.717, 1.165) is 61.9 Å². The monoisotopic (exact) mass is 541 g/mol. The molecule has 1 amide bonds. The van der Waals surface area contributed by atoms with Crippen molar-refractivity contribution in [2.24, 2.45) is 0 Å². The molecule has 0 fully saturated rings. The number of benzene rings is 3. The van der Waals surface area contributed by atoms with Crippen LogP contribution in [0.1, 0.15) is 48.1 Å². The van der Waals surface area contributed by atoms with Crippen molar-refractivity contribution in [2.75, 3.05) is 32.8 Å². The average Bonchev–Trinajstić information content (AvgIpc) is 3.39. The van der Waals surface area contributed by atoms with Gasteiger partial charge in [-0.3, -0.25) is 9.69 Å². The molecule has 0 atom stereocenters. The van der Waals surface area contributed by atoms with E-state index in [4.69, 9.17) is 9.26 Å². The van der Waals surface area contributed by atoms with Gasteiger partial charge in [0.1, 0.15) is 11.4 Å². The zero-order valence-corrected chi connectivity index (χ0v) is 23.1. The van der Waals surface area contributed by atoms with Gasteiger partial charge in [-0.1, -0.05) is 59.8 Å². The summed E-state index contributed by atoms with van der Waals surface area (Å²) in [5.74, 6) is 1.01. The van der Waals surface area contributed by atoms with Gasteiger partial charge in [-0.2, -0.15) is 0 Å². The fraction of sp³-hybridized carbons (Fsp3) is 0.394. The third-order valence-electron chi connectivity index (χ3n) is 7.53. The van der Waals surface area contributed by atoms with Gasteiger partial charge in [-0.05, 0) is 61.4 Å². The van der Waals surface area contributed by atoms with Gasteiger partial charge in [-0.25, -0.2) is 0 Å². The highest BCUT2D eigenvalue weighted by Gasteiger charge is 2.20. The number of fused-ring (bicyclic) bond motifs is 2. The zero-order valence-electron chi connectivity index (χ0n) is 23.1. The average molecular weight is 542 g/mol. The Morgan fingerprint density at radius 2 is 1.75 bits per heavy atom. The molecule has 3 aromatic carbocycles. The van der Waals surface area contributed by atoms with Crippen molar-refractivity contribution in [3.05, 3.63) is 95.2 Å². The molecule has 0 radical (unpaired) electrons. The Balaban J connectivity index is 1.37. The number of para-hydroxylation sites is 1. The number of carbonyl (C=O) groups excluding carboxylic acids is 1. The number of carbonyl (C=O) groups is 1. The Bertz CT molecular complexity index is 1370. The van der Waals surface area contributed by atoms with Gasteiger partial charge in [0.2, 0.25) is 5.91 Å². The summed E-state index contributed by atoms with van der Waals surface area (Å²) in [4.78, 5) is 18.0. The summed E-state index contributed by atoms with van der Waals surface area (Å²) < 4.78 is 11.7. The number of nitrogens with zero attached hydrogens (tertiary/aromatic N) is 3. The first-order chi connectivity index (χ1) is 19.7. The molecule has 1 aliphatic rings. The van der Waals surface area contributed by atoms with Crippen molar-refractivity contribution >= 4 is 16.9 Å². The molecule has 1 aromatic heterocycles. The van der Waals surface area contributed by atoms with Gasteiger partial charge in [-0.15, -0.1) is 0 Å². The van der Waals surface area contributed by atoms with E-state index in [0.29, 0.717) is 37.5 Å². The number of hydrogen-bond acceptors (Lipinski definition) is 6. The number of aliphatic hydroxyl groups is 1. The van der Waals surface area contributed by atoms with Crippen LogP contribution in [0.3, 0.4) is 0 Å². The molecule has 5 rings (SSSR count). The van der Waals surface area contributed by atoms with E-state index in [1.54, 1.807) is 0 Å². The number of amides is 1. The first-order valence-corrected chi connectivity index (χ1v) is 14.4. The van der Waals surface area contributed by atoms with Gasteiger partial charge in [0.25, 0.3) is 0 Å². The highest BCUT2D eigenvalue weighted by atomic mass is 16.5. The molecule has 0 aliphatic carbocycles. The second kappa shape index (κ2) is 14.1. The highest BCUT2D eigenvalue weighted by molar-refractivity contribution is 5.86. The molecule has 0 bridgehead atoms. The number of aliphatic hydroxyl groups excluding tert-OH is 1. The maximum Gasteiger partial charge on any atom is 0.228 e. The minimum absolute atomic E-state index is 0.0801. The molecule has 0 spiro atoms. The van der Waals surface area contributed by atoms with Crippen LogP contribution in [-0.4, -0.2) is 58.8 Å². The van der Waals surface area contributed by atoms with Gasteiger partial charge in [0, 0.05) is 50.3 Å². The number of ether oxygens (including phenoxy) is 1. The third kappa shape index (κ3) is 7.49. The van der Waals surface area contributed by atoms with E-state index >= 15 is 0 Å². The van der Waals surface area contributed by atoms with E-state index in [2.05, 4.69) is 52.5 Å². The maximum absolute atomic E-state index is 13.6. The summed E-state index contributed by atoms with van der Waals surface area (Å²) >= 11 is 0. The van der Waals surface area contributed by atoms with Crippen LogP contribution in [0.4, 0.5) is 0 Å². The molecule has 7 nitrogen and oxygen atoms in total. The summed E-state index contributed by atoms with van der Waals surface area (Å²) in [5, 5.41) is 14.4. The lowest BCUT2D eigenvalue weighted by Crippen LogP contribution is -2.39. The first-order valence-electron chi connectivity index (χ1n) is 14.4. The van der Waals surface area contributed by atoms with Gasteiger partial charge in [0.05, 0.1) is 13.0 Å². The Kier molecular flexibility index (Phi) is 9.82. The van der Waals surface area contributed by atoms with Gasteiger partial charge >= 0.3 is 0 Å². The Labute approximate surface area is 236 Å². The van der Waals surface area contributed by atoms with Crippen LogP contribution in [-0.2, 0) is 30.7 Å². The maximum atomic E-state index is 13.6. The molecule has 4 aromatic rings. The second-order valence-corrected chi connectivity index (χ2v) is 10.6. The summed E-state index contributed by atoms with van der Waals surface area (Å²) in [6, 6.07) is 24.6. The van der Waals surface area contributed by atoms with E-state index in [-0.39, 0.29) is 18.9 Å².